The molecule has 0 aromatic rings. The maximum absolute atomic E-state index is 11.6. The molecule has 0 fully saturated rings. The second kappa shape index (κ2) is 15.8. The Balaban J connectivity index is 0. The number of rotatable bonds is 15. The van der Waals surface area contributed by atoms with Gasteiger partial charge in [0.05, 0.1) is 13.0 Å². The van der Waals surface area contributed by atoms with Gasteiger partial charge in [-0.3, -0.25) is 14.1 Å². The molecular formula is C16H32MgO7S. The van der Waals surface area contributed by atoms with Crippen LogP contribution in [0.25, 0.3) is 0 Å². The lowest BCUT2D eigenvalue weighted by molar-refractivity contribution is -0.147. The van der Waals surface area contributed by atoms with Crippen LogP contribution in [-0.4, -0.2) is 64.9 Å². The van der Waals surface area contributed by atoms with E-state index in [1.165, 1.54) is 38.5 Å². The molecule has 25 heavy (non-hydrogen) atoms. The minimum Gasteiger partial charge on any atom is -0.481 e. The first-order valence-electron chi connectivity index (χ1n) is 8.63. The summed E-state index contributed by atoms with van der Waals surface area (Å²) in [5.41, 5.74) is 0. The number of unbranched alkanes of at least 4 members (excludes halogenated alkanes) is 9. The van der Waals surface area contributed by atoms with Gasteiger partial charge in [0.25, 0.3) is 10.1 Å². The molecule has 0 amide bonds. The number of esters is 1. The predicted octanol–water partition coefficient (Wildman–Crippen LogP) is 2.27. The smallest absolute Gasteiger partial charge is 0.327 e. The van der Waals surface area contributed by atoms with Crippen molar-refractivity contribution in [3.05, 3.63) is 0 Å². The molecule has 0 aliphatic heterocycles. The van der Waals surface area contributed by atoms with Crippen molar-refractivity contribution >= 4 is 45.1 Å². The monoisotopic (exact) mass is 392 g/mol. The molecule has 0 aliphatic carbocycles. The van der Waals surface area contributed by atoms with Crippen LogP contribution in [0, 0.1) is 0 Å². The summed E-state index contributed by atoms with van der Waals surface area (Å²) in [6, 6.07) is 0. The lowest BCUT2D eigenvalue weighted by Gasteiger charge is -2.11. The Kier molecular flexibility index (Phi) is 17.0. The highest BCUT2D eigenvalue weighted by molar-refractivity contribution is 7.87. The van der Waals surface area contributed by atoms with Gasteiger partial charge in [-0.05, 0) is 6.42 Å². The molecule has 7 nitrogen and oxygen atoms in total. The quantitative estimate of drug-likeness (QED) is 0.190. The van der Waals surface area contributed by atoms with E-state index >= 15 is 0 Å². The van der Waals surface area contributed by atoms with E-state index < -0.39 is 33.7 Å². The van der Waals surface area contributed by atoms with Crippen molar-refractivity contribution in [1.29, 1.82) is 0 Å². The molecular weight excluding hydrogens is 361 g/mol. The summed E-state index contributed by atoms with van der Waals surface area (Å²) < 4.78 is 35.6. The molecule has 0 saturated heterocycles. The van der Waals surface area contributed by atoms with E-state index in [-0.39, 0.29) is 29.7 Å². The Morgan fingerprint density at radius 1 is 0.920 bits per heavy atom. The summed E-state index contributed by atoms with van der Waals surface area (Å²) in [5.74, 6) is -2.70. The largest absolute Gasteiger partial charge is 0.481 e. The number of ether oxygens (including phenoxy) is 1. The standard InChI is InChI=1S/C16H30O7S.Mg.2H/c1-2-3-4-5-6-7-8-9-10-11-12-23-16(19)14(13-15(17)18)24(20,21)22;;;/h14H,2-13H2,1H3,(H,17,18)(H,20,21,22);;;. The van der Waals surface area contributed by atoms with Crippen LogP contribution < -0.4 is 0 Å². The van der Waals surface area contributed by atoms with Gasteiger partial charge < -0.3 is 9.84 Å². The maximum atomic E-state index is 11.6. The van der Waals surface area contributed by atoms with E-state index in [0.29, 0.717) is 6.42 Å². The maximum Gasteiger partial charge on any atom is 0.327 e. The van der Waals surface area contributed by atoms with Crippen LogP contribution in [0.1, 0.15) is 77.6 Å². The normalized spacial score (nSPS) is 12.2. The first kappa shape index (κ1) is 26.8. The number of carbonyl (C=O) groups is 2. The number of carboxylic acid groups (broad SMARTS) is 1. The van der Waals surface area contributed by atoms with Crippen LogP contribution in [0.3, 0.4) is 0 Å². The summed E-state index contributed by atoms with van der Waals surface area (Å²) in [4.78, 5) is 22.1. The van der Waals surface area contributed by atoms with Crippen molar-refractivity contribution < 1.29 is 32.4 Å². The van der Waals surface area contributed by atoms with Gasteiger partial charge in [-0.1, -0.05) is 64.7 Å². The third-order valence-corrected chi connectivity index (χ3v) is 4.80. The molecule has 0 heterocycles. The van der Waals surface area contributed by atoms with Gasteiger partial charge in [0.15, 0.2) is 5.25 Å². The van der Waals surface area contributed by atoms with Crippen molar-refractivity contribution in [3.63, 3.8) is 0 Å². The first-order chi connectivity index (χ1) is 11.3. The highest BCUT2D eigenvalue weighted by atomic mass is 32.2. The van der Waals surface area contributed by atoms with Crippen molar-refractivity contribution in [3.8, 4) is 0 Å². The highest BCUT2D eigenvalue weighted by Gasteiger charge is 2.34. The zero-order chi connectivity index (χ0) is 18.4. The van der Waals surface area contributed by atoms with Crippen LogP contribution >= 0.6 is 0 Å². The fourth-order valence-corrected chi connectivity index (χ4v) is 2.99. The van der Waals surface area contributed by atoms with Crippen LogP contribution in [-0.2, 0) is 24.4 Å². The van der Waals surface area contributed by atoms with Crippen molar-refractivity contribution in [2.75, 3.05) is 6.61 Å². The molecule has 0 radical (unpaired) electrons. The molecule has 0 bridgehead atoms. The fourth-order valence-electron chi connectivity index (χ4n) is 2.32. The number of carboxylic acids is 1. The van der Waals surface area contributed by atoms with Gasteiger partial charge in [0, 0.05) is 0 Å². The molecule has 9 heteroatoms. The van der Waals surface area contributed by atoms with E-state index in [0.717, 1.165) is 19.3 Å². The molecule has 1 unspecified atom stereocenters. The van der Waals surface area contributed by atoms with Gasteiger partial charge in [-0.2, -0.15) is 8.42 Å². The predicted molar refractivity (Wildman–Crippen MR) is 98.9 cm³/mol. The van der Waals surface area contributed by atoms with Crippen molar-refractivity contribution in [2.45, 2.75) is 82.8 Å². The topological polar surface area (TPSA) is 118 Å². The van der Waals surface area contributed by atoms with Gasteiger partial charge in [0.2, 0.25) is 0 Å². The molecule has 146 valence electrons. The summed E-state index contributed by atoms with van der Waals surface area (Å²) in [7, 11) is -4.78. The summed E-state index contributed by atoms with van der Waals surface area (Å²) in [5, 5.41) is 6.52. The van der Waals surface area contributed by atoms with E-state index in [9.17, 15) is 18.0 Å². The molecule has 0 rings (SSSR count). The molecule has 0 aliphatic rings. The zero-order valence-electron chi connectivity index (χ0n) is 14.4. The Bertz CT molecular complexity index is 465. The molecule has 0 aromatic carbocycles. The summed E-state index contributed by atoms with van der Waals surface area (Å²) in [6.07, 6.45) is 10.1. The number of carbonyl (C=O) groups excluding carboxylic acids is 1. The van der Waals surface area contributed by atoms with Gasteiger partial charge in [0.1, 0.15) is 0 Å². The van der Waals surface area contributed by atoms with Gasteiger partial charge >= 0.3 is 35.0 Å². The number of hydrogen-bond acceptors (Lipinski definition) is 5. The fraction of sp³-hybridized carbons (Fsp3) is 0.875. The first-order valence-corrected chi connectivity index (χ1v) is 10.1. The third kappa shape index (κ3) is 15.6. The summed E-state index contributed by atoms with van der Waals surface area (Å²) in [6.45, 7) is 2.22. The molecule has 1 atom stereocenters. The van der Waals surface area contributed by atoms with E-state index in [4.69, 9.17) is 14.4 Å². The second-order valence-corrected chi connectivity index (χ2v) is 7.55. The minimum atomic E-state index is -4.78. The molecule has 0 saturated carbocycles. The van der Waals surface area contributed by atoms with Gasteiger partial charge in [-0.15, -0.1) is 0 Å². The average Bonchev–Trinajstić information content (AvgIpc) is 2.48. The van der Waals surface area contributed by atoms with Crippen LogP contribution in [0.4, 0.5) is 0 Å². The van der Waals surface area contributed by atoms with E-state index in [1.807, 2.05) is 0 Å². The second-order valence-electron chi connectivity index (χ2n) is 5.95. The average molecular weight is 393 g/mol. The van der Waals surface area contributed by atoms with Crippen LogP contribution in [0.2, 0.25) is 0 Å². The lowest BCUT2D eigenvalue weighted by atomic mass is 10.1. The number of aliphatic carboxylic acids is 1. The SMILES string of the molecule is CCCCCCCCCCCCOC(=O)C(CC(=O)O)S(=O)(=O)O.[MgH2]. The lowest BCUT2D eigenvalue weighted by Crippen LogP contribution is -2.34. The van der Waals surface area contributed by atoms with E-state index in [1.54, 1.807) is 0 Å². The minimum absolute atomic E-state index is 0. The van der Waals surface area contributed by atoms with Crippen molar-refractivity contribution in [2.24, 2.45) is 0 Å². The van der Waals surface area contributed by atoms with Crippen LogP contribution in [0.15, 0.2) is 0 Å². The van der Waals surface area contributed by atoms with E-state index in [2.05, 4.69) is 6.92 Å². The van der Waals surface area contributed by atoms with Crippen molar-refractivity contribution in [1.82, 2.24) is 0 Å². The molecule has 2 N–H and O–H groups in total. The Morgan fingerprint density at radius 2 is 1.36 bits per heavy atom. The van der Waals surface area contributed by atoms with Gasteiger partial charge in [-0.25, -0.2) is 0 Å². The Hall–Kier alpha value is -0.384. The zero-order valence-corrected chi connectivity index (χ0v) is 15.2. The summed E-state index contributed by atoms with van der Waals surface area (Å²) >= 11 is 0. The van der Waals surface area contributed by atoms with Crippen LogP contribution in [0.5, 0.6) is 0 Å². The highest BCUT2D eigenvalue weighted by Crippen LogP contribution is 2.11. The molecule has 0 aromatic heterocycles. The Labute approximate surface area is 166 Å². The third-order valence-electron chi connectivity index (χ3n) is 3.72. The molecule has 0 spiro atoms. The Morgan fingerprint density at radius 3 is 1.76 bits per heavy atom. The number of hydrogen-bond donors (Lipinski definition) is 2.